The highest BCUT2D eigenvalue weighted by Crippen LogP contribution is 2.33. The molecule has 2 aromatic rings. The van der Waals surface area contributed by atoms with Crippen LogP contribution >= 0.6 is 0 Å². The van der Waals surface area contributed by atoms with Gasteiger partial charge in [0.25, 0.3) is 0 Å². The van der Waals surface area contributed by atoms with Crippen molar-refractivity contribution >= 4 is 17.3 Å². The van der Waals surface area contributed by atoms with Gasteiger partial charge in [0.1, 0.15) is 22.9 Å². The Morgan fingerprint density at radius 1 is 0.730 bits per heavy atom. The van der Waals surface area contributed by atoms with Gasteiger partial charge in [0.05, 0.1) is 26.0 Å². The van der Waals surface area contributed by atoms with Gasteiger partial charge in [-0.1, -0.05) is 64.7 Å². The van der Waals surface area contributed by atoms with Crippen molar-refractivity contribution in [1.29, 1.82) is 0 Å². The van der Waals surface area contributed by atoms with Crippen LogP contribution < -0.4 is 14.2 Å². The summed E-state index contributed by atoms with van der Waals surface area (Å²) in [5, 5.41) is 17.5. The molecule has 2 rings (SSSR count). The molecule has 0 heterocycles. The number of rotatable bonds is 21. The Kier molecular flexibility index (Phi) is 15.5. The fourth-order valence-corrected chi connectivity index (χ4v) is 3.88. The normalized spacial score (nSPS) is 11.1. The average Bonchev–Trinajstić information content (AvgIpc) is 2.91. The summed E-state index contributed by atoms with van der Waals surface area (Å²) in [4.78, 5) is 10.5. The molecular weight excluding hydrogens is 468 g/mol. The smallest absolute Gasteiger partial charge is 0.303 e. The summed E-state index contributed by atoms with van der Waals surface area (Å²) < 4.78 is 17.3. The third kappa shape index (κ3) is 13.7. The zero-order valence-corrected chi connectivity index (χ0v) is 22.6. The van der Waals surface area contributed by atoms with E-state index in [1.807, 2.05) is 42.5 Å². The van der Waals surface area contributed by atoms with Crippen LogP contribution in [-0.4, -0.2) is 31.4 Å². The summed E-state index contributed by atoms with van der Waals surface area (Å²) in [7, 11) is 1.64. The van der Waals surface area contributed by atoms with Crippen LogP contribution in [0.3, 0.4) is 0 Å². The molecule has 7 heteroatoms. The van der Waals surface area contributed by atoms with Crippen molar-refractivity contribution < 1.29 is 24.1 Å². The molecule has 1 N–H and O–H groups in total. The molecule has 0 aliphatic rings. The molecule has 0 unspecified atom stereocenters. The van der Waals surface area contributed by atoms with Gasteiger partial charge in [0.2, 0.25) is 0 Å². The quantitative estimate of drug-likeness (QED) is 0.133. The van der Waals surface area contributed by atoms with Crippen molar-refractivity contribution in [1.82, 2.24) is 0 Å². The second-order valence-electron chi connectivity index (χ2n) is 9.26. The molecule has 0 saturated carbocycles. The predicted octanol–water partition coefficient (Wildman–Crippen LogP) is 9.04. The molecule has 0 saturated heterocycles. The van der Waals surface area contributed by atoms with Gasteiger partial charge in [-0.15, -0.1) is 5.11 Å². The molecule has 0 bridgehead atoms. The van der Waals surface area contributed by atoms with E-state index in [9.17, 15) is 4.79 Å². The number of unbranched alkanes of at least 4 members (excludes halogenated alkanes) is 10. The van der Waals surface area contributed by atoms with E-state index in [0.717, 1.165) is 68.6 Å². The van der Waals surface area contributed by atoms with Gasteiger partial charge in [-0.2, -0.15) is 5.11 Å². The second-order valence-corrected chi connectivity index (χ2v) is 9.26. The highest BCUT2D eigenvalue weighted by molar-refractivity contribution is 5.66. The summed E-state index contributed by atoms with van der Waals surface area (Å²) in [5.41, 5.74) is 1.42. The van der Waals surface area contributed by atoms with Gasteiger partial charge < -0.3 is 19.3 Å². The van der Waals surface area contributed by atoms with Crippen molar-refractivity contribution in [3.05, 3.63) is 42.5 Å². The van der Waals surface area contributed by atoms with E-state index >= 15 is 0 Å². The van der Waals surface area contributed by atoms with Crippen molar-refractivity contribution in [2.75, 3.05) is 20.3 Å². The van der Waals surface area contributed by atoms with Crippen molar-refractivity contribution in [2.24, 2.45) is 10.2 Å². The van der Waals surface area contributed by atoms with E-state index in [1.54, 1.807) is 7.11 Å². The second kappa shape index (κ2) is 19.1. The van der Waals surface area contributed by atoms with E-state index < -0.39 is 5.97 Å². The first-order valence-electron chi connectivity index (χ1n) is 13.8. The average molecular weight is 513 g/mol. The van der Waals surface area contributed by atoms with Gasteiger partial charge in [-0.3, -0.25) is 4.79 Å². The Hall–Kier alpha value is -3.09. The van der Waals surface area contributed by atoms with E-state index in [1.165, 1.54) is 25.7 Å². The number of ether oxygens (including phenoxy) is 3. The van der Waals surface area contributed by atoms with Gasteiger partial charge in [-0.25, -0.2) is 0 Å². The molecule has 0 fully saturated rings. The van der Waals surface area contributed by atoms with Gasteiger partial charge in [0, 0.05) is 12.5 Å². The molecule has 0 spiro atoms. The lowest BCUT2D eigenvalue weighted by molar-refractivity contribution is -0.137. The fraction of sp³-hybridized carbons (Fsp3) is 0.567. The number of nitrogens with zero attached hydrogens (tertiary/aromatic N) is 2. The highest BCUT2D eigenvalue weighted by Gasteiger charge is 2.07. The molecule has 0 radical (unpaired) electrons. The largest absolute Gasteiger partial charge is 0.497 e. The number of carboxylic acids is 1. The summed E-state index contributed by atoms with van der Waals surface area (Å²) >= 11 is 0. The minimum Gasteiger partial charge on any atom is -0.497 e. The van der Waals surface area contributed by atoms with Gasteiger partial charge >= 0.3 is 5.97 Å². The molecule has 2 aromatic carbocycles. The van der Waals surface area contributed by atoms with Crippen molar-refractivity contribution in [3.8, 4) is 17.2 Å². The van der Waals surface area contributed by atoms with Crippen LogP contribution in [0.1, 0.15) is 90.4 Å². The minimum absolute atomic E-state index is 0.282. The number of carbonyl (C=O) groups is 1. The molecule has 0 atom stereocenters. The van der Waals surface area contributed by atoms with E-state index in [-0.39, 0.29) is 6.42 Å². The predicted molar refractivity (Wildman–Crippen MR) is 148 cm³/mol. The van der Waals surface area contributed by atoms with Crippen molar-refractivity contribution in [2.45, 2.75) is 90.4 Å². The fourth-order valence-electron chi connectivity index (χ4n) is 3.88. The highest BCUT2D eigenvalue weighted by atomic mass is 16.5. The first-order chi connectivity index (χ1) is 18.1. The number of azo groups is 1. The minimum atomic E-state index is -0.700. The van der Waals surface area contributed by atoms with E-state index in [2.05, 4.69) is 17.2 Å². The Labute approximate surface area is 222 Å². The van der Waals surface area contributed by atoms with Crippen molar-refractivity contribution in [3.63, 3.8) is 0 Å². The van der Waals surface area contributed by atoms with Crippen LogP contribution in [0.25, 0.3) is 0 Å². The summed E-state index contributed by atoms with van der Waals surface area (Å²) in [6.07, 6.45) is 13.4. The van der Waals surface area contributed by atoms with Gasteiger partial charge in [-0.05, 0) is 55.7 Å². The van der Waals surface area contributed by atoms with Crippen LogP contribution in [0.2, 0.25) is 0 Å². The van der Waals surface area contributed by atoms with Crippen LogP contribution in [0, 0.1) is 0 Å². The monoisotopic (exact) mass is 512 g/mol. The van der Waals surface area contributed by atoms with Crippen LogP contribution in [-0.2, 0) is 4.79 Å². The van der Waals surface area contributed by atoms with Crippen LogP contribution in [0.15, 0.2) is 52.7 Å². The van der Waals surface area contributed by atoms with Gasteiger partial charge in [0.15, 0.2) is 0 Å². The Morgan fingerprint density at radius 2 is 1.32 bits per heavy atom. The van der Waals surface area contributed by atoms with E-state index in [4.69, 9.17) is 19.3 Å². The maximum atomic E-state index is 10.5. The SMILES string of the molecule is CCCCCCOc1ccc(N=Nc2ccc(OC)cc2)c(OCCCCCCCCCCC(=O)O)c1. The molecule has 37 heavy (non-hydrogen) atoms. The first kappa shape index (κ1) is 30.1. The Morgan fingerprint density at radius 3 is 1.97 bits per heavy atom. The number of hydrogen-bond acceptors (Lipinski definition) is 6. The Bertz CT molecular complexity index is 915. The summed E-state index contributed by atoms with van der Waals surface area (Å²) in [6, 6.07) is 13.2. The number of carboxylic acid groups (broad SMARTS) is 1. The lowest BCUT2D eigenvalue weighted by Crippen LogP contribution is -2.00. The third-order valence-corrected chi connectivity index (χ3v) is 6.09. The summed E-state index contributed by atoms with van der Waals surface area (Å²) in [6.45, 7) is 3.51. The van der Waals surface area contributed by atoms with E-state index in [0.29, 0.717) is 24.7 Å². The lowest BCUT2D eigenvalue weighted by atomic mass is 10.1. The van der Waals surface area contributed by atoms with Crippen LogP contribution in [0.4, 0.5) is 11.4 Å². The molecule has 204 valence electrons. The topological polar surface area (TPSA) is 89.7 Å². The van der Waals surface area contributed by atoms with Crippen LogP contribution in [0.5, 0.6) is 17.2 Å². The number of hydrogen-bond donors (Lipinski definition) is 1. The number of benzene rings is 2. The molecule has 0 amide bonds. The molecular formula is C30H44N2O5. The number of aliphatic carboxylic acids is 1. The summed E-state index contributed by atoms with van der Waals surface area (Å²) in [5.74, 6) is 1.55. The standard InChI is InChI=1S/C30H44N2O5/c1-3-4-5-13-22-36-27-20-21-28(32-31-25-16-18-26(35-2)19-17-25)29(24-27)37-23-14-11-9-7-6-8-10-12-15-30(33)34/h16-21,24H,3-15,22-23H2,1-2H3,(H,33,34). The first-order valence-corrected chi connectivity index (χ1v) is 13.8. The molecule has 7 nitrogen and oxygen atoms in total. The molecule has 0 aliphatic carbocycles. The molecule has 0 aromatic heterocycles. The zero-order chi connectivity index (χ0) is 26.6. The Balaban J connectivity index is 1.83. The maximum Gasteiger partial charge on any atom is 0.303 e. The molecule has 0 aliphatic heterocycles. The third-order valence-electron chi connectivity index (χ3n) is 6.09. The lowest BCUT2D eigenvalue weighted by Gasteiger charge is -2.12. The number of methoxy groups -OCH3 is 1. The maximum absolute atomic E-state index is 10.5. The zero-order valence-electron chi connectivity index (χ0n) is 22.6.